The number of likely N-dealkylation sites (N-methyl/N-ethyl adjacent to an activating group) is 1. The number of amides is 2. The number of carbonyl (C=O) groups excluding carboxylic acids is 2. The van der Waals surface area contributed by atoms with Crippen LogP contribution in [0.3, 0.4) is 0 Å². The number of alkyl halides is 3. The van der Waals surface area contributed by atoms with E-state index in [-0.39, 0.29) is 36.8 Å². The average molecular weight is 695 g/mol. The summed E-state index contributed by atoms with van der Waals surface area (Å²) in [5.74, 6) is -0.988. The molecule has 2 amide bonds. The summed E-state index contributed by atoms with van der Waals surface area (Å²) in [5, 5.41) is 19.0. The Labute approximate surface area is 287 Å². The number of nitrogens with two attached hydrogens (primary N) is 2. The van der Waals surface area contributed by atoms with Gasteiger partial charge in [-0.15, -0.1) is 0 Å². The van der Waals surface area contributed by atoms with Crippen LogP contribution in [0, 0.1) is 5.41 Å². The number of benzene rings is 3. The van der Waals surface area contributed by atoms with Crippen LogP contribution >= 0.6 is 11.8 Å². The molecule has 0 fully saturated rings. The largest absolute Gasteiger partial charge is 0.417 e. The van der Waals surface area contributed by atoms with Crippen LogP contribution in [0.1, 0.15) is 35.1 Å². The van der Waals surface area contributed by atoms with E-state index >= 15 is 0 Å². The Kier molecular flexibility index (Phi) is 11.7. The third-order valence-electron chi connectivity index (χ3n) is 8.71. The van der Waals surface area contributed by atoms with Crippen LogP contribution in [0.4, 0.5) is 13.2 Å². The van der Waals surface area contributed by atoms with Crippen LogP contribution in [0.5, 0.6) is 0 Å². The standard InChI is InChI=1S/C35H41F3N8O2S/c1-46-29(16-23-20-42-26-12-4-3-10-24(23)26)34(48)44-19-22-9-6-11-25(35(36,37)38)31(22)49-30-14-5-2-8-21(30)18-43-27(13-7-15-39)33(47)45-28(17-40)32(46)41/h2-6,8-12,14,20,27-29,41-43H,7,13,15-19,39-40H2,1H3,(H,44,48)(H,45,47)/t27-,28-,29-/m0/s1. The van der Waals surface area contributed by atoms with E-state index in [1.165, 1.54) is 11.0 Å². The van der Waals surface area contributed by atoms with Crippen molar-refractivity contribution in [3.05, 3.63) is 95.2 Å². The predicted molar refractivity (Wildman–Crippen MR) is 185 cm³/mol. The van der Waals surface area contributed by atoms with Gasteiger partial charge in [-0.25, -0.2) is 0 Å². The summed E-state index contributed by atoms with van der Waals surface area (Å²) in [5.41, 5.74) is 13.7. The second-order valence-electron chi connectivity index (χ2n) is 12.0. The van der Waals surface area contributed by atoms with Crippen molar-refractivity contribution in [2.24, 2.45) is 11.5 Å². The van der Waals surface area contributed by atoms with Crippen molar-refractivity contribution in [1.29, 1.82) is 5.41 Å². The van der Waals surface area contributed by atoms with Gasteiger partial charge in [0.1, 0.15) is 11.9 Å². The number of H-pyrrole nitrogens is 1. The predicted octanol–water partition coefficient (Wildman–Crippen LogP) is 4.13. The first kappa shape index (κ1) is 35.9. The molecule has 0 bridgehead atoms. The number of hydrogen-bond donors (Lipinski definition) is 7. The first-order valence-corrected chi connectivity index (χ1v) is 16.9. The molecule has 1 aliphatic rings. The highest BCUT2D eigenvalue weighted by atomic mass is 32.2. The van der Waals surface area contributed by atoms with Crippen molar-refractivity contribution in [3.63, 3.8) is 0 Å². The number of aromatic amines is 1. The number of para-hydroxylation sites is 1. The van der Waals surface area contributed by atoms with Gasteiger partial charge in [-0.1, -0.05) is 60.3 Å². The zero-order valence-corrected chi connectivity index (χ0v) is 27.9. The van der Waals surface area contributed by atoms with E-state index in [0.717, 1.165) is 34.3 Å². The van der Waals surface area contributed by atoms with Gasteiger partial charge in [0.05, 0.1) is 17.6 Å². The number of carbonyl (C=O) groups is 2. The molecule has 0 unspecified atom stereocenters. The van der Waals surface area contributed by atoms with Crippen molar-refractivity contribution in [2.45, 2.75) is 66.4 Å². The summed E-state index contributed by atoms with van der Waals surface area (Å²) in [7, 11) is 1.58. The lowest BCUT2D eigenvalue weighted by molar-refractivity contribution is -0.139. The van der Waals surface area contributed by atoms with Crippen LogP contribution in [-0.2, 0) is 35.3 Å². The minimum atomic E-state index is -4.65. The van der Waals surface area contributed by atoms with Gasteiger partial charge in [-0.3, -0.25) is 15.0 Å². The Hall–Kier alpha value is -4.37. The fraction of sp³-hybridized carbons (Fsp3) is 0.343. The molecule has 3 atom stereocenters. The van der Waals surface area contributed by atoms with E-state index < -0.39 is 41.7 Å². The van der Waals surface area contributed by atoms with E-state index in [2.05, 4.69) is 20.9 Å². The summed E-state index contributed by atoms with van der Waals surface area (Å²) in [4.78, 5) is 33.0. The van der Waals surface area contributed by atoms with Gasteiger partial charge in [0.2, 0.25) is 11.8 Å². The molecule has 3 aromatic carbocycles. The molecule has 0 spiro atoms. The third kappa shape index (κ3) is 8.44. The molecule has 1 aromatic heterocycles. The van der Waals surface area contributed by atoms with Crippen LogP contribution in [0.25, 0.3) is 10.9 Å². The van der Waals surface area contributed by atoms with Crippen LogP contribution in [-0.4, -0.2) is 65.8 Å². The fourth-order valence-corrected chi connectivity index (χ4v) is 7.15. The van der Waals surface area contributed by atoms with E-state index in [1.54, 1.807) is 43.6 Å². The minimum Gasteiger partial charge on any atom is -0.361 e. The van der Waals surface area contributed by atoms with Crippen molar-refractivity contribution < 1.29 is 22.8 Å². The Bertz CT molecular complexity index is 1800. The van der Waals surface area contributed by atoms with Gasteiger partial charge >= 0.3 is 6.18 Å². The molecule has 2 heterocycles. The summed E-state index contributed by atoms with van der Waals surface area (Å²) in [6.45, 7) is 0.240. The Morgan fingerprint density at radius 1 is 0.939 bits per heavy atom. The van der Waals surface area contributed by atoms with E-state index in [0.29, 0.717) is 35.4 Å². The quantitative estimate of drug-likeness (QED) is 0.160. The number of nitrogens with zero attached hydrogens (tertiary/aromatic N) is 1. The van der Waals surface area contributed by atoms with Crippen molar-refractivity contribution >= 4 is 40.3 Å². The maximum absolute atomic E-state index is 14.4. The number of fused-ring (bicyclic) bond motifs is 3. The fourth-order valence-electron chi connectivity index (χ4n) is 5.95. The number of rotatable bonds is 6. The van der Waals surface area contributed by atoms with E-state index in [9.17, 15) is 22.8 Å². The lowest BCUT2D eigenvalue weighted by Gasteiger charge is -2.33. The van der Waals surface area contributed by atoms with Gasteiger partial charge in [0.25, 0.3) is 0 Å². The maximum Gasteiger partial charge on any atom is 0.417 e. The molecule has 10 nitrogen and oxygen atoms in total. The highest BCUT2D eigenvalue weighted by molar-refractivity contribution is 7.99. The number of amidine groups is 1. The van der Waals surface area contributed by atoms with Crippen LogP contribution < -0.4 is 27.4 Å². The molecular weight excluding hydrogens is 653 g/mol. The molecule has 5 rings (SSSR count). The van der Waals surface area contributed by atoms with Crippen molar-refractivity contribution in [1.82, 2.24) is 25.8 Å². The molecular formula is C35H41F3N8O2S. The molecule has 49 heavy (non-hydrogen) atoms. The number of nitrogens with one attached hydrogen (secondary N) is 5. The molecule has 0 saturated carbocycles. The molecule has 1 aliphatic heterocycles. The lowest BCUT2D eigenvalue weighted by atomic mass is 10.0. The summed E-state index contributed by atoms with van der Waals surface area (Å²) >= 11 is 0.969. The Morgan fingerprint density at radius 2 is 1.67 bits per heavy atom. The van der Waals surface area contributed by atoms with Gasteiger partial charge in [0.15, 0.2) is 0 Å². The Morgan fingerprint density at radius 3 is 2.43 bits per heavy atom. The number of halogens is 3. The lowest BCUT2D eigenvalue weighted by Crippen LogP contribution is -2.58. The smallest absolute Gasteiger partial charge is 0.361 e. The van der Waals surface area contributed by atoms with Crippen molar-refractivity contribution in [2.75, 3.05) is 20.1 Å². The summed E-state index contributed by atoms with van der Waals surface area (Å²) in [6.07, 6.45) is -1.78. The summed E-state index contributed by atoms with van der Waals surface area (Å²) < 4.78 is 43.3. The molecule has 14 heteroatoms. The number of hydrogen-bond acceptors (Lipinski definition) is 7. The first-order chi connectivity index (χ1) is 23.5. The molecule has 9 N–H and O–H groups in total. The van der Waals surface area contributed by atoms with E-state index in [1.807, 2.05) is 24.3 Å². The van der Waals surface area contributed by atoms with Gasteiger partial charge in [-0.05, 0) is 54.3 Å². The van der Waals surface area contributed by atoms with Crippen LogP contribution in [0.15, 0.2) is 82.7 Å². The molecule has 0 aliphatic carbocycles. The van der Waals surface area contributed by atoms with Crippen molar-refractivity contribution in [3.8, 4) is 0 Å². The zero-order valence-electron chi connectivity index (χ0n) is 27.1. The highest BCUT2D eigenvalue weighted by Gasteiger charge is 2.36. The highest BCUT2D eigenvalue weighted by Crippen LogP contribution is 2.42. The number of aromatic nitrogens is 1. The zero-order chi connectivity index (χ0) is 35.1. The second-order valence-corrected chi connectivity index (χ2v) is 13.0. The molecule has 0 saturated heterocycles. The summed E-state index contributed by atoms with van der Waals surface area (Å²) in [6, 6.07) is 16.0. The average Bonchev–Trinajstić information content (AvgIpc) is 3.50. The second kappa shape index (κ2) is 15.9. The Balaban J connectivity index is 1.59. The third-order valence-corrected chi connectivity index (χ3v) is 10.0. The molecule has 4 aromatic rings. The van der Waals surface area contributed by atoms with E-state index in [4.69, 9.17) is 16.9 Å². The van der Waals surface area contributed by atoms with Crippen LogP contribution in [0.2, 0.25) is 0 Å². The maximum atomic E-state index is 14.4. The minimum absolute atomic E-state index is 0.0260. The molecule has 260 valence electrons. The monoisotopic (exact) mass is 694 g/mol. The van der Waals surface area contributed by atoms with Gasteiger partial charge in [-0.2, -0.15) is 13.2 Å². The van der Waals surface area contributed by atoms with Gasteiger partial charge in [0, 0.05) is 60.0 Å². The topological polar surface area (TPSA) is 165 Å². The normalized spacial score (nSPS) is 19.9. The first-order valence-electron chi connectivity index (χ1n) is 16.0. The SMILES string of the molecule is CN1C(=N)[C@H](CN)NC(=O)[C@H](CCCN)NCc2ccccc2Sc2c(cccc2C(F)(F)F)CNC(=O)[C@@H]1Cc1c[nH]c2ccccc12. The molecule has 0 radical (unpaired) electrons. The van der Waals surface area contributed by atoms with Gasteiger partial charge < -0.3 is 37.3 Å².